The van der Waals surface area contributed by atoms with Crippen LogP contribution < -0.4 is 14.8 Å². The lowest BCUT2D eigenvalue weighted by atomic mass is 10.1. The Labute approximate surface area is 164 Å². The molecule has 0 aliphatic heterocycles. The zero-order chi connectivity index (χ0) is 19.4. The van der Waals surface area contributed by atoms with Gasteiger partial charge in [0.2, 0.25) is 0 Å². The summed E-state index contributed by atoms with van der Waals surface area (Å²) in [6.07, 6.45) is 1.91. The Morgan fingerprint density at radius 3 is 2.56 bits per heavy atom. The van der Waals surface area contributed by atoms with Crippen molar-refractivity contribution in [1.29, 1.82) is 0 Å². The highest BCUT2D eigenvalue weighted by atomic mass is 35.5. The van der Waals surface area contributed by atoms with Crippen LogP contribution in [0.3, 0.4) is 0 Å². The number of rotatable bonds is 7. The average Bonchev–Trinajstić information content (AvgIpc) is 3.07. The predicted octanol–water partition coefficient (Wildman–Crippen LogP) is 4.70. The van der Waals surface area contributed by atoms with E-state index in [-0.39, 0.29) is 6.04 Å². The van der Waals surface area contributed by atoms with Gasteiger partial charge in [-0.25, -0.2) is 4.68 Å². The van der Waals surface area contributed by atoms with Gasteiger partial charge in [0.15, 0.2) is 11.5 Å². The Morgan fingerprint density at radius 1 is 1.15 bits per heavy atom. The van der Waals surface area contributed by atoms with Gasteiger partial charge in [0.25, 0.3) is 0 Å². The molecule has 6 heteroatoms. The molecule has 1 heterocycles. The summed E-state index contributed by atoms with van der Waals surface area (Å²) in [6, 6.07) is 13.9. The highest BCUT2D eigenvalue weighted by Crippen LogP contribution is 2.34. The lowest BCUT2D eigenvalue weighted by Crippen LogP contribution is -2.19. The smallest absolute Gasteiger partial charge is 0.165 e. The standard InChI is InChI=1S/C21H24ClN3O2/c1-14(19-13-24-25(15(19)2)18-8-6-5-7-9-18)23-12-16-10-17(22)11-20(26-3)21(16)27-4/h5-11,13-14,23H,12H2,1-4H3/t14-/m0/s1. The van der Waals surface area contributed by atoms with Crippen LogP contribution in [0.1, 0.15) is 29.8 Å². The summed E-state index contributed by atoms with van der Waals surface area (Å²) in [4.78, 5) is 0. The summed E-state index contributed by atoms with van der Waals surface area (Å²) in [5, 5.41) is 8.69. The molecule has 0 spiro atoms. The monoisotopic (exact) mass is 385 g/mol. The van der Waals surface area contributed by atoms with Gasteiger partial charge < -0.3 is 14.8 Å². The van der Waals surface area contributed by atoms with Crippen molar-refractivity contribution in [2.45, 2.75) is 26.4 Å². The third-order valence-corrected chi connectivity index (χ3v) is 4.85. The SMILES string of the molecule is COc1cc(Cl)cc(CN[C@@H](C)c2cnn(-c3ccccc3)c2C)c1OC. The number of hydrogen-bond acceptors (Lipinski definition) is 4. The molecular weight excluding hydrogens is 362 g/mol. The first-order valence-electron chi connectivity index (χ1n) is 8.79. The number of benzene rings is 2. The highest BCUT2D eigenvalue weighted by Gasteiger charge is 2.16. The van der Waals surface area contributed by atoms with Gasteiger partial charge in [-0.15, -0.1) is 0 Å². The molecule has 142 valence electrons. The van der Waals surface area contributed by atoms with Crippen LogP contribution in [0.25, 0.3) is 5.69 Å². The molecule has 3 aromatic rings. The fourth-order valence-electron chi connectivity index (χ4n) is 3.19. The van der Waals surface area contributed by atoms with E-state index in [9.17, 15) is 0 Å². The van der Waals surface area contributed by atoms with Crippen molar-refractivity contribution in [3.05, 3.63) is 70.5 Å². The molecule has 0 bridgehead atoms. The molecule has 1 atom stereocenters. The first-order valence-corrected chi connectivity index (χ1v) is 9.16. The van der Waals surface area contributed by atoms with Crippen LogP contribution in [-0.4, -0.2) is 24.0 Å². The average molecular weight is 386 g/mol. The second-order valence-electron chi connectivity index (χ2n) is 6.34. The minimum Gasteiger partial charge on any atom is -0.493 e. The molecule has 0 saturated carbocycles. The van der Waals surface area contributed by atoms with Crippen molar-refractivity contribution in [2.75, 3.05) is 14.2 Å². The Balaban J connectivity index is 1.79. The molecule has 0 saturated heterocycles. The Kier molecular flexibility index (Phi) is 6.04. The lowest BCUT2D eigenvalue weighted by molar-refractivity contribution is 0.350. The maximum Gasteiger partial charge on any atom is 0.165 e. The zero-order valence-corrected chi connectivity index (χ0v) is 16.7. The van der Waals surface area contributed by atoms with E-state index < -0.39 is 0 Å². The van der Waals surface area contributed by atoms with Crippen molar-refractivity contribution < 1.29 is 9.47 Å². The molecule has 0 aliphatic rings. The molecule has 1 N–H and O–H groups in total. The molecule has 0 amide bonds. The van der Waals surface area contributed by atoms with E-state index in [1.54, 1.807) is 20.3 Å². The summed E-state index contributed by atoms with van der Waals surface area (Å²) < 4.78 is 12.8. The molecule has 2 aromatic carbocycles. The molecule has 1 aromatic heterocycles. The number of nitrogens with one attached hydrogen (secondary N) is 1. The number of hydrogen-bond donors (Lipinski definition) is 1. The number of aromatic nitrogens is 2. The maximum absolute atomic E-state index is 6.21. The third kappa shape index (κ3) is 4.10. The second-order valence-corrected chi connectivity index (χ2v) is 6.77. The van der Waals surface area contributed by atoms with Gasteiger partial charge in [-0.3, -0.25) is 0 Å². The topological polar surface area (TPSA) is 48.3 Å². The van der Waals surface area contributed by atoms with Gasteiger partial charge in [0, 0.05) is 40.5 Å². The molecular formula is C21H24ClN3O2. The zero-order valence-electron chi connectivity index (χ0n) is 16.0. The van der Waals surface area contributed by atoms with Crippen LogP contribution in [-0.2, 0) is 6.54 Å². The van der Waals surface area contributed by atoms with Crippen molar-refractivity contribution in [3.63, 3.8) is 0 Å². The Morgan fingerprint density at radius 2 is 1.89 bits per heavy atom. The van der Waals surface area contributed by atoms with E-state index in [0.29, 0.717) is 23.1 Å². The summed E-state index contributed by atoms with van der Waals surface area (Å²) in [5.41, 5.74) is 4.25. The predicted molar refractivity (Wildman–Crippen MR) is 108 cm³/mol. The largest absolute Gasteiger partial charge is 0.493 e. The summed E-state index contributed by atoms with van der Waals surface area (Å²) in [5.74, 6) is 1.32. The van der Waals surface area contributed by atoms with Gasteiger partial charge in [0.1, 0.15) is 0 Å². The molecule has 3 rings (SSSR count). The molecule has 5 nitrogen and oxygen atoms in total. The maximum atomic E-state index is 6.21. The Bertz CT molecular complexity index is 909. The van der Waals surface area contributed by atoms with Crippen LogP contribution in [0.2, 0.25) is 5.02 Å². The van der Waals surface area contributed by atoms with E-state index in [2.05, 4.69) is 24.3 Å². The van der Waals surface area contributed by atoms with Crippen LogP contribution in [0, 0.1) is 6.92 Å². The number of nitrogens with zero attached hydrogens (tertiary/aromatic N) is 2. The van der Waals surface area contributed by atoms with E-state index in [0.717, 1.165) is 22.5 Å². The first kappa shape index (κ1) is 19.3. The van der Waals surface area contributed by atoms with Gasteiger partial charge in [0.05, 0.1) is 26.1 Å². The number of methoxy groups -OCH3 is 2. The van der Waals surface area contributed by atoms with E-state index >= 15 is 0 Å². The lowest BCUT2D eigenvalue weighted by Gasteiger charge is -2.17. The van der Waals surface area contributed by atoms with E-state index in [4.69, 9.17) is 21.1 Å². The number of para-hydroxylation sites is 1. The summed E-state index contributed by atoms with van der Waals surface area (Å²) in [7, 11) is 3.24. The first-order chi connectivity index (χ1) is 13.0. The minimum absolute atomic E-state index is 0.108. The fraction of sp³-hybridized carbons (Fsp3) is 0.286. The molecule has 0 radical (unpaired) electrons. The van der Waals surface area contributed by atoms with Crippen LogP contribution >= 0.6 is 11.6 Å². The summed E-state index contributed by atoms with van der Waals surface area (Å²) in [6.45, 7) is 4.79. The van der Waals surface area contributed by atoms with Crippen LogP contribution in [0.15, 0.2) is 48.7 Å². The van der Waals surface area contributed by atoms with Gasteiger partial charge >= 0.3 is 0 Å². The molecule has 0 aliphatic carbocycles. The molecule has 0 unspecified atom stereocenters. The minimum atomic E-state index is 0.108. The van der Waals surface area contributed by atoms with E-state index in [1.807, 2.05) is 47.3 Å². The van der Waals surface area contributed by atoms with E-state index in [1.165, 1.54) is 0 Å². The van der Waals surface area contributed by atoms with Crippen molar-refractivity contribution in [2.24, 2.45) is 0 Å². The van der Waals surface area contributed by atoms with Crippen molar-refractivity contribution >= 4 is 11.6 Å². The summed E-state index contributed by atoms with van der Waals surface area (Å²) >= 11 is 6.21. The third-order valence-electron chi connectivity index (χ3n) is 4.63. The van der Waals surface area contributed by atoms with Crippen molar-refractivity contribution in [1.82, 2.24) is 15.1 Å². The van der Waals surface area contributed by atoms with Crippen LogP contribution in [0.4, 0.5) is 0 Å². The van der Waals surface area contributed by atoms with Crippen molar-refractivity contribution in [3.8, 4) is 17.2 Å². The normalized spacial score (nSPS) is 12.0. The molecule has 27 heavy (non-hydrogen) atoms. The number of ether oxygens (including phenoxy) is 2. The number of halogens is 1. The van der Waals surface area contributed by atoms with Gasteiger partial charge in [-0.2, -0.15) is 5.10 Å². The fourth-order valence-corrected chi connectivity index (χ4v) is 3.42. The highest BCUT2D eigenvalue weighted by molar-refractivity contribution is 6.30. The quantitative estimate of drug-likeness (QED) is 0.640. The van der Waals surface area contributed by atoms with Crippen LogP contribution in [0.5, 0.6) is 11.5 Å². The second kappa shape index (κ2) is 8.46. The Hall–Kier alpha value is -2.50. The van der Waals surface area contributed by atoms with Gasteiger partial charge in [-0.05, 0) is 32.0 Å². The van der Waals surface area contributed by atoms with Gasteiger partial charge in [-0.1, -0.05) is 29.8 Å². The molecule has 0 fully saturated rings.